The first-order valence-corrected chi connectivity index (χ1v) is 7.40. The molecule has 1 heterocycles. The number of hydrogen-bond acceptors (Lipinski definition) is 7. The van der Waals surface area contributed by atoms with Gasteiger partial charge in [0.1, 0.15) is 17.3 Å². The molecule has 0 atom stereocenters. The van der Waals surface area contributed by atoms with Crippen molar-refractivity contribution in [2.45, 2.75) is 52.7 Å². The second kappa shape index (κ2) is 7.01. The highest BCUT2D eigenvalue weighted by Gasteiger charge is 2.34. The number of halogens is 1. The molecule has 0 unspecified atom stereocenters. The van der Waals surface area contributed by atoms with E-state index in [1.54, 1.807) is 47.6 Å². The number of rotatable bonds is 1. The molecule has 0 aromatic carbocycles. The molecule has 0 spiro atoms. The Kier molecular flexibility index (Phi) is 5.74. The molecule has 0 aliphatic carbocycles. The maximum Gasteiger partial charge on any atom is 0.425 e. The van der Waals surface area contributed by atoms with E-state index in [1.165, 1.54) is 0 Å². The fourth-order valence-corrected chi connectivity index (χ4v) is 1.60. The van der Waals surface area contributed by atoms with E-state index in [0.29, 0.717) is 4.90 Å². The molecule has 8 nitrogen and oxygen atoms in total. The van der Waals surface area contributed by atoms with Crippen molar-refractivity contribution in [3.8, 4) is 6.07 Å². The van der Waals surface area contributed by atoms with Gasteiger partial charge < -0.3 is 9.47 Å². The average Bonchev–Trinajstić information content (AvgIpc) is 2.34. The van der Waals surface area contributed by atoms with Crippen LogP contribution in [0.1, 0.15) is 47.2 Å². The molecule has 0 N–H and O–H groups in total. The van der Waals surface area contributed by atoms with Gasteiger partial charge in [-0.3, -0.25) is 0 Å². The van der Waals surface area contributed by atoms with Gasteiger partial charge in [-0.1, -0.05) is 11.6 Å². The minimum Gasteiger partial charge on any atom is -0.443 e. The van der Waals surface area contributed by atoms with Crippen LogP contribution < -0.4 is 4.90 Å². The first-order chi connectivity index (χ1) is 10.8. The Morgan fingerprint density at radius 2 is 1.58 bits per heavy atom. The molecule has 0 saturated carbocycles. The van der Waals surface area contributed by atoms with Gasteiger partial charge in [0.05, 0.1) is 6.20 Å². The van der Waals surface area contributed by atoms with E-state index < -0.39 is 23.4 Å². The predicted molar refractivity (Wildman–Crippen MR) is 86.7 cm³/mol. The van der Waals surface area contributed by atoms with Crippen molar-refractivity contribution in [1.82, 2.24) is 9.97 Å². The summed E-state index contributed by atoms with van der Waals surface area (Å²) in [5.41, 5.74) is -1.82. The summed E-state index contributed by atoms with van der Waals surface area (Å²) in [5, 5.41) is 8.59. The Hall–Kier alpha value is -2.40. The molecule has 1 rings (SSSR count). The van der Waals surface area contributed by atoms with Crippen LogP contribution in [0.5, 0.6) is 0 Å². The fraction of sp³-hybridized carbons (Fsp3) is 0.533. The normalized spacial score (nSPS) is 11.4. The molecule has 2 amide bonds. The van der Waals surface area contributed by atoms with E-state index in [9.17, 15) is 9.59 Å². The average molecular weight is 355 g/mol. The van der Waals surface area contributed by atoms with Crippen molar-refractivity contribution >= 4 is 29.6 Å². The SMILES string of the molecule is CC(C)(C)OC(=O)N(C(=O)OC(C)(C)C)c1cnc(C#N)c(Cl)n1. The van der Waals surface area contributed by atoms with Gasteiger partial charge in [-0.05, 0) is 41.5 Å². The highest BCUT2D eigenvalue weighted by Crippen LogP contribution is 2.22. The number of hydrogen-bond donors (Lipinski definition) is 0. The third-order valence-corrected chi connectivity index (χ3v) is 2.47. The van der Waals surface area contributed by atoms with E-state index in [4.69, 9.17) is 26.3 Å². The van der Waals surface area contributed by atoms with Crippen molar-refractivity contribution in [1.29, 1.82) is 5.26 Å². The number of carbonyl (C=O) groups is 2. The number of carbonyl (C=O) groups excluding carboxylic acids is 2. The molecule has 0 aliphatic rings. The summed E-state index contributed by atoms with van der Waals surface area (Å²) in [6, 6.07) is 1.74. The van der Waals surface area contributed by atoms with E-state index >= 15 is 0 Å². The number of anilines is 1. The lowest BCUT2D eigenvalue weighted by atomic mass is 10.2. The summed E-state index contributed by atoms with van der Waals surface area (Å²) >= 11 is 5.82. The van der Waals surface area contributed by atoms with Gasteiger partial charge in [-0.2, -0.15) is 10.2 Å². The number of nitriles is 1. The minimum absolute atomic E-state index is 0.131. The molecule has 9 heteroatoms. The Balaban J connectivity index is 3.28. The van der Waals surface area contributed by atoms with Gasteiger partial charge in [-0.15, -0.1) is 0 Å². The van der Waals surface area contributed by atoms with Crippen molar-refractivity contribution in [3.05, 3.63) is 17.0 Å². The van der Waals surface area contributed by atoms with Gasteiger partial charge in [0.15, 0.2) is 16.7 Å². The molecule has 0 radical (unpaired) electrons. The van der Waals surface area contributed by atoms with Gasteiger partial charge in [0.25, 0.3) is 0 Å². The summed E-state index contributed by atoms with van der Waals surface area (Å²) < 4.78 is 10.4. The van der Waals surface area contributed by atoms with Gasteiger partial charge in [0.2, 0.25) is 0 Å². The molecular formula is C15H19ClN4O4. The zero-order valence-corrected chi connectivity index (χ0v) is 15.1. The largest absolute Gasteiger partial charge is 0.443 e. The van der Waals surface area contributed by atoms with Gasteiger partial charge >= 0.3 is 12.2 Å². The highest BCUT2D eigenvalue weighted by molar-refractivity contribution is 6.30. The van der Waals surface area contributed by atoms with Crippen LogP contribution in [-0.4, -0.2) is 33.4 Å². The van der Waals surface area contributed by atoms with Crippen molar-refractivity contribution in [2.75, 3.05) is 4.90 Å². The van der Waals surface area contributed by atoms with Crippen LogP contribution >= 0.6 is 11.6 Å². The number of ether oxygens (including phenoxy) is 2. The van der Waals surface area contributed by atoms with E-state index in [1.807, 2.05) is 0 Å². The maximum absolute atomic E-state index is 12.4. The molecular weight excluding hydrogens is 336 g/mol. The smallest absolute Gasteiger partial charge is 0.425 e. The molecule has 0 saturated heterocycles. The molecule has 0 bridgehead atoms. The lowest BCUT2D eigenvalue weighted by Gasteiger charge is -2.27. The van der Waals surface area contributed by atoms with E-state index in [0.717, 1.165) is 6.20 Å². The number of imide groups is 1. The monoisotopic (exact) mass is 354 g/mol. The van der Waals surface area contributed by atoms with Crippen LogP contribution in [-0.2, 0) is 9.47 Å². The quantitative estimate of drug-likeness (QED) is 0.757. The molecule has 1 aromatic heterocycles. The second-order valence-electron chi connectivity index (χ2n) is 6.78. The Labute approximate surface area is 145 Å². The Morgan fingerprint density at radius 1 is 1.12 bits per heavy atom. The van der Waals surface area contributed by atoms with Crippen LogP contribution in [0, 0.1) is 11.3 Å². The third kappa shape index (κ3) is 5.66. The Morgan fingerprint density at radius 3 is 1.92 bits per heavy atom. The zero-order valence-electron chi connectivity index (χ0n) is 14.4. The van der Waals surface area contributed by atoms with Crippen LogP contribution in [0.25, 0.3) is 0 Å². The molecule has 1 aromatic rings. The van der Waals surface area contributed by atoms with Gasteiger partial charge in [0, 0.05) is 0 Å². The summed E-state index contributed by atoms with van der Waals surface area (Å²) in [4.78, 5) is 33.0. The summed E-state index contributed by atoms with van der Waals surface area (Å²) in [7, 11) is 0. The second-order valence-corrected chi connectivity index (χ2v) is 7.13. The molecule has 0 aliphatic heterocycles. The first kappa shape index (κ1) is 19.6. The number of amides is 2. The van der Waals surface area contributed by atoms with Crippen LogP contribution in [0.4, 0.5) is 15.4 Å². The van der Waals surface area contributed by atoms with Crippen LogP contribution in [0.3, 0.4) is 0 Å². The van der Waals surface area contributed by atoms with E-state index in [2.05, 4.69) is 9.97 Å². The van der Waals surface area contributed by atoms with Crippen molar-refractivity contribution < 1.29 is 19.1 Å². The maximum atomic E-state index is 12.4. The third-order valence-electron chi connectivity index (χ3n) is 2.20. The number of nitrogens with zero attached hydrogens (tertiary/aromatic N) is 4. The zero-order chi connectivity index (χ0) is 18.7. The topological polar surface area (TPSA) is 105 Å². The molecule has 0 fully saturated rings. The van der Waals surface area contributed by atoms with Gasteiger partial charge in [-0.25, -0.2) is 19.6 Å². The van der Waals surface area contributed by atoms with Crippen LogP contribution in [0.2, 0.25) is 5.15 Å². The first-order valence-electron chi connectivity index (χ1n) is 7.03. The summed E-state index contributed by atoms with van der Waals surface area (Å²) in [5.74, 6) is -0.206. The highest BCUT2D eigenvalue weighted by atomic mass is 35.5. The standard InChI is InChI=1S/C15H19ClN4O4/c1-14(2,3)23-12(21)20(13(22)24-15(4,5)6)10-8-18-9(7-17)11(16)19-10/h8H,1-6H3. The molecule has 130 valence electrons. The fourth-order valence-electron chi connectivity index (χ4n) is 1.42. The minimum atomic E-state index is -0.994. The lowest BCUT2D eigenvalue weighted by Crippen LogP contribution is -2.44. The Bertz CT molecular complexity index is 658. The van der Waals surface area contributed by atoms with Crippen molar-refractivity contribution in [3.63, 3.8) is 0 Å². The number of aromatic nitrogens is 2. The summed E-state index contributed by atoms with van der Waals surface area (Å²) in [6.07, 6.45) is -0.920. The predicted octanol–water partition coefficient (Wildman–Crippen LogP) is 3.68. The summed E-state index contributed by atoms with van der Waals surface area (Å²) in [6.45, 7) is 9.89. The lowest BCUT2D eigenvalue weighted by molar-refractivity contribution is 0.0429. The van der Waals surface area contributed by atoms with Crippen LogP contribution in [0.15, 0.2) is 6.20 Å². The molecule has 24 heavy (non-hydrogen) atoms. The van der Waals surface area contributed by atoms with E-state index in [-0.39, 0.29) is 16.7 Å². The van der Waals surface area contributed by atoms with Crippen molar-refractivity contribution in [2.24, 2.45) is 0 Å².